The molecule has 0 aliphatic carbocycles. The first-order chi connectivity index (χ1) is 12.3. The molecule has 0 spiro atoms. The number of pyridine rings is 1. The fourth-order valence-electron chi connectivity index (χ4n) is 1.75. The van der Waals surface area contributed by atoms with Gasteiger partial charge in [-0.25, -0.2) is 4.98 Å². The first kappa shape index (κ1) is 20.0. The normalized spacial score (nSPS) is 10.1. The molecule has 0 aliphatic heterocycles. The van der Waals surface area contributed by atoms with Gasteiger partial charge in [-0.3, -0.25) is 14.4 Å². The standard InChI is InChI=1S/C16H12Cl3N3O4/c17-9-1-3-11(12(19)5-9)16(25)21-7-15(24)26-8-14(23)22-13-4-2-10(18)6-20-13/h1-6H,7-8H2,(H,21,25)(H,20,22,23). The molecule has 10 heteroatoms. The predicted molar refractivity (Wildman–Crippen MR) is 97.6 cm³/mol. The second-order valence-corrected chi connectivity index (χ2v) is 6.16. The number of aromatic nitrogens is 1. The van der Waals surface area contributed by atoms with Gasteiger partial charge in [-0.05, 0) is 30.3 Å². The smallest absolute Gasteiger partial charge is 0.325 e. The third kappa shape index (κ3) is 6.18. The van der Waals surface area contributed by atoms with E-state index in [0.717, 1.165) is 0 Å². The SMILES string of the molecule is O=C(COC(=O)CNC(=O)c1ccc(Cl)cc1Cl)Nc1ccc(Cl)cn1. The van der Waals surface area contributed by atoms with Crippen LogP contribution in [0.3, 0.4) is 0 Å². The highest BCUT2D eigenvalue weighted by molar-refractivity contribution is 6.36. The lowest BCUT2D eigenvalue weighted by molar-refractivity contribution is -0.146. The van der Waals surface area contributed by atoms with Crippen LogP contribution in [0.4, 0.5) is 5.82 Å². The van der Waals surface area contributed by atoms with Crippen LogP contribution in [-0.2, 0) is 14.3 Å². The van der Waals surface area contributed by atoms with E-state index in [4.69, 9.17) is 39.5 Å². The van der Waals surface area contributed by atoms with E-state index in [9.17, 15) is 14.4 Å². The maximum atomic E-state index is 11.9. The zero-order chi connectivity index (χ0) is 19.1. The van der Waals surface area contributed by atoms with E-state index in [1.807, 2.05) is 0 Å². The van der Waals surface area contributed by atoms with Crippen molar-refractivity contribution in [2.45, 2.75) is 0 Å². The van der Waals surface area contributed by atoms with Crippen LogP contribution >= 0.6 is 34.8 Å². The number of halogens is 3. The molecule has 26 heavy (non-hydrogen) atoms. The van der Waals surface area contributed by atoms with Gasteiger partial charge in [0.15, 0.2) is 6.61 Å². The van der Waals surface area contributed by atoms with Crippen molar-refractivity contribution in [2.75, 3.05) is 18.5 Å². The summed E-state index contributed by atoms with van der Waals surface area (Å²) in [5, 5.41) is 5.72. The van der Waals surface area contributed by atoms with Gasteiger partial charge >= 0.3 is 5.97 Å². The third-order valence-electron chi connectivity index (χ3n) is 2.93. The van der Waals surface area contributed by atoms with Crippen molar-refractivity contribution in [3.63, 3.8) is 0 Å². The van der Waals surface area contributed by atoms with E-state index in [-0.39, 0.29) is 16.4 Å². The van der Waals surface area contributed by atoms with Gasteiger partial charge in [0.2, 0.25) is 0 Å². The first-order valence-corrected chi connectivity index (χ1v) is 8.29. The average Bonchev–Trinajstić information content (AvgIpc) is 2.60. The molecule has 1 heterocycles. The van der Waals surface area contributed by atoms with Crippen molar-refractivity contribution >= 4 is 58.4 Å². The van der Waals surface area contributed by atoms with Gasteiger partial charge in [0.25, 0.3) is 11.8 Å². The van der Waals surface area contributed by atoms with Gasteiger partial charge in [-0.15, -0.1) is 0 Å². The molecule has 0 unspecified atom stereocenters. The van der Waals surface area contributed by atoms with Crippen molar-refractivity contribution in [1.82, 2.24) is 10.3 Å². The molecule has 136 valence electrons. The number of carbonyl (C=O) groups excluding carboxylic acids is 3. The number of nitrogens with one attached hydrogen (secondary N) is 2. The van der Waals surface area contributed by atoms with Crippen LogP contribution in [0.5, 0.6) is 0 Å². The fraction of sp³-hybridized carbons (Fsp3) is 0.125. The summed E-state index contributed by atoms with van der Waals surface area (Å²) >= 11 is 17.3. The van der Waals surface area contributed by atoms with E-state index >= 15 is 0 Å². The number of esters is 1. The molecule has 0 saturated carbocycles. The van der Waals surface area contributed by atoms with Crippen LogP contribution in [0.2, 0.25) is 15.1 Å². The Morgan fingerprint density at radius 3 is 2.42 bits per heavy atom. The van der Waals surface area contributed by atoms with Gasteiger partial charge in [0.05, 0.1) is 15.6 Å². The van der Waals surface area contributed by atoms with Crippen LogP contribution < -0.4 is 10.6 Å². The van der Waals surface area contributed by atoms with Crippen molar-refractivity contribution in [3.8, 4) is 0 Å². The number of carbonyl (C=O) groups is 3. The lowest BCUT2D eigenvalue weighted by Gasteiger charge is -2.08. The molecule has 2 N–H and O–H groups in total. The van der Waals surface area contributed by atoms with E-state index < -0.39 is 30.9 Å². The zero-order valence-electron chi connectivity index (χ0n) is 13.1. The summed E-state index contributed by atoms with van der Waals surface area (Å²) in [5.41, 5.74) is 0.162. The van der Waals surface area contributed by atoms with Gasteiger partial charge in [-0.2, -0.15) is 0 Å². The highest BCUT2D eigenvalue weighted by Crippen LogP contribution is 2.20. The van der Waals surface area contributed by atoms with Crippen molar-refractivity contribution in [2.24, 2.45) is 0 Å². The first-order valence-electron chi connectivity index (χ1n) is 7.15. The Morgan fingerprint density at radius 1 is 1.04 bits per heavy atom. The monoisotopic (exact) mass is 415 g/mol. The molecule has 0 radical (unpaired) electrons. The number of rotatable bonds is 6. The molecular weight excluding hydrogens is 405 g/mol. The number of anilines is 1. The van der Waals surface area contributed by atoms with Gasteiger partial charge in [0, 0.05) is 11.2 Å². The summed E-state index contributed by atoms with van der Waals surface area (Å²) in [6.07, 6.45) is 1.36. The summed E-state index contributed by atoms with van der Waals surface area (Å²) in [4.78, 5) is 39.1. The number of nitrogens with zero attached hydrogens (tertiary/aromatic N) is 1. The minimum absolute atomic E-state index is 0.151. The van der Waals surface area contributed by atoms with Crippen molar-refractivity contribution in [3.05, 3.63) is 57.2 Å². The fourth-order valence-corrected chi connectivity index (χ4v) is 2.35. The highest BCUT2D eigenvalue weighted by atomic mass is 35.5. The second kappa shape index (κ2) is 9.38. The molecule has 0 atom stereocenters. The van der Waals surface area contributed by atoms with Crippen LogP contribution in [0.15, 0.2) is 36.5 Å². The summed E-state index contributed by atoms with van der Waals surface area (Å²) in [5.74, 6) is -1.68. The Balaban J connectivity index is 1.75. The summed E-state index contributed by atoms with van der Waals surface area (Å²) in [6.45, 7) is -0.953. The predicted octanol–water partition coefficient (Wildman–Crippen LogP) is 2.95. The molecule has 0 bridgehead atoms. The molecule has 2 aromatic rings. The Labute approximate surface area is 163 Å². The molecule has 7 nitrogen and oxygen atoms in total. The maximum Gasteiger partial charge on any atom is 0.325 e. The molecular formula is C16H12Cl3N3O4. The largest absolute Gasteiger partial charge is 0.454 e. The minimum atomic E-state index is -0.789. The number of benzene rings is 1. The Bertz CT molecular complexity index is 828. The molecule has 1 aromatic heterocycles. The Hall–Kier alpha value is -2.35. The molecule has 0 aliphatic rings. The molecule has 1 aromatic carbocycles. The Kier molecular flexibility index (Phi) is 7.20. The zero-order valence-corrected chi connectivity index (χ0v) is 15.4. The highest BCUT2D eigenvalue weighted by Gasteiger charge is 2.13. The van der Waals surface area contributed by atoms with Gasteiger partial charge in [0.1, 0.15) is 12.4 Å². The summed E-state index contributed by atoms with van der Waals surface area (Å²) < 4.78 is 4.76. The maximum absolute atomic E-state index is 11.9. The lowest BCUT2D eigenvalue weighted by Crippen LogP contribution is -2.32. The minimum Gasteiger partial charge on any atom is -0.454 e. The third-order valence-corrected chi connectivity index (χ3v) is 3.70. The number of hydrogen-bond acceptors (Lipinski definition) is 5. The van der Waals surface area contributed by atoms with Gasteiger partial charge < -0.3 is 15.4 Å². The average molecular weight is 417 g/mol. The number of amides is 2. The van der Waals surface area contributed by atoms with Crippen LogP contribution in [0.25, 0.3) is 0 Å². The van der Waals surface area contributed by atoms with E-state index in [2.05, 4.69) is 15.6 Å². The molecule has 0 saturated heterocycles. The Morgan fingerprint density at radius 2 is 1.77 bits per heavy atom. The van der Waals surface area contributed by atoms with E-state index in [1.54, 1.807) is 6.07 Å². The quantitative estimate of drug-likeness (QED) is 0.706. The molecule has 0 fully saturated rings. The summed E-state index contributed by atoms with van der Waals surface area (Å²) in [6, 6.07) is 7.38. The number of ether oxygens (including phenoxy) is 1. The van der Waals surface area contributed by atoms with Gasteiger partial charge in [-0.1, -0.05) is 34.8 Å². The van der Waals surface area contributed by atoms with E-state index in [1.165, 1.54) is 30.5 Å². The van der Waals surface area contributed by atoms with Crippen LogP contribution in [-0.4, -0.2) is 35.9 Å². The van der Waals surface area contributed by atoms with Crippen molar-refractivity contribution < 1.29 is 19.1 Å². The van der Waals surface area contributed by atoms with E-state index in [0.29, 0.717) is 10.0 Å². The van der Waals surface area contributed by atoms with Crippen LogP contribution in [0, 0.1) is 0 Å². The second-order valence-electron chi connectivity index (χ2n) is 4.88. The molecule has 2 amide bonds. The topological polar surface area (TPSA) is 97.4 Å². The van der Waals surface area contributed by atoms with Crippen molar-refractivity contribution in [1.29, 1.82) is 0 Å². The molecule has 2 rings (SSSR count). The van der Waals surface area contributed by atoms with Crippen LogP contribution in [0.1, 0.15) is 10.4 Å². The summed E-state index contributed by atoms with van der Waals surface area (Å²) in [7, 11) is 0. The lowest BCUT2D eigenvalue weighted by atomic mass is 10.2. The number of hydrogen-bond donors (Lipinski definition) is 2.